The van der Waals surface area contributed by atoms with E-state index >= 15 is 0 Å². The minimum Gasteiger partial charge on any atom is -0.387 e. The molecular weight excluding hydrogens is 244 g/mol. The lowest BCUT2D eigenvalue weighted by Gasteiger charge is -2.34. The smallest absolute Gasteiger partial charge is 0.223 e. The molecule has 0 spiro atoms. The summed E-state index contributed by atoms with van der Waals surface area (Å²) in [5, 5.41) is 13.2. The van der Waals surface area contributed by atoms with Gasteiger partial charge >= 0.3 is 0 Å². The predicted octanol–water partition coefficient (Wildman–Crippen LogP) is 0.152. The second kappa shape index (κ2) is 6.50. The molecule has 1 aliphatic carbocycles. The molecule has 0 bridgehead atoms. The van der Waals surface area contributed by atoms with Crippen LogP contribution in [0.3, 0.4) is 0 Å². The number of β-amino-alcohol motifs (C(OH)–C–C–N with tert-alkyl or cyclic N) is 1. The van der Waals surface area contributed by atoms with Gasteiger partial charge in [-0.2, -0.15) is 0 Å². The minimum absolute atomic E-state index is 0.0484. The van der Waals surface area contributed by atoms with Crippen molar-refractivity contribution in [3.05, 3.63) is 12.2 Å². The maximum atomic E-state index is 11.9. The molecule has 1 aliphatic heterocycles. The molecule has 0 aromatic carbocycles. The van der Waals surface area contributed by atoms with Gasteiger partial charge in [-0.05, 0) is 19.8 Å². The van der Waals surface area contributed by atoms with Crippen molar-refractivity contribution >= 4 is 5.91 Å². The van der Waals surface area contributed by atoms with Crippen LogP contribution in [0.15, 0.2) is 12.2 Å². The maximum Gasteiger partial charge on any atom is 0.223 e. The molecule has 19 heavy (non-hydrogen) atoms. The van der Waals surface area contributed by atoms with Crippen LogP contribution in [0, 0.1) is 5.92 Å². The van der Waals surface area contributed by atoms with Gasteiger partial charge in [0, 0.05) is 32.1 Å². The number of rotatable bonds is 5. The quantitative estimate of drug-likeness (QED) is 0.697. The van der Waals surface area contributed by atoms with E-state index in [-0.39, 0.29) is 11.8 Å². The average Bonchev–Trinajstić information content (AvgIpc) is 2.91. The Morgan fingerprint density at radius 1 is 1.42 bits per heavy atom. The van der Waals surface area contributed by atoms with Crippen LogP contribution in [0.2, 0.25) is 0 Å². The lowest BCUT2D eigenvalue weighted by atomic mass is 10.0. The van der Waals surface area contributed by atoms with Crippen LogP contribution < -0.4 is 5.32 Å². The molecule has 0 radical (unpaired) electrons. The Balaban J connectivity index is 1.71. The number of carbonyl (C=O) groups is 1. The molecule has 0 aromatic heterocycles. The first kappa shape index (κ1) is 14.5. The zero-order chi connectivity index (χ0) is 13.7. The molecule has 108 valence electrons. The SMILES string of the molecule is C[C@](O)(CNC(=O)C1CC=CC1)CN1CCOCC1. The monoisotopic (exact) mass is 268 g/mol. The molecule has 2 N–H and O–H groups in total. The van der Waals surface area contributed by atoms with Crippen molar-refractivity contribution in [2.45, 2.75) is 25.4 Å². The number of nitrogens with zero attached hydrogens (tertiary/aromatic N) is 1. The van der Waals surface area contributed by atoms with Crippen LogP contribution in [0.25, 0.3) is 0 Å². The number of hydrogen-bond donors (Lipinski definition) is 2. The van der Waals surface area contributed by atoms with Crippen LogP contribution in [-0.4, -0.2) is 60.9 Å². The second-order valence-electron chi connectivity index (χ2n) is 5.74. The lowest BCUT2D eigenvalue weighted by Crippen LogP contribution is -2.51. The van der Waals surface area contributed by atoms with Gasteiger partial charge in [-0.25, -0.2) is 0 Å². The Kier molecular flexibility index (Phi) is 4.96. The summed E-state index contributed by atoms with van der Waals surface area (Å²) < 4.78 is 5.28. The van der Waals surface area contributed by atoms with E-state index in [2.05, 4.69) is 10.2 Å². The number of carbonyl (C=O) groups excluding carboxylic acids is 1. The third kappa shape index (κ3) is 4.60. The van der Waals surface area contributed by atoms with Gasteiger partial charge in [0.05, 0.1) is 18.8 Å². The van der Waals surface area contributed by atoms with Gasteiger partial charge in [0.1, 0.15) is 0 Å². The molecule has 5 heteroatoms. The van der Waals surface area contributed by atoms with Gasteiger partial charge in [0.2, 0.25) is 5.91 Å². The van der Waals surface area contributed by atoms with Gasteiger partial charge in [-0.15, -0.1) is 0 Å². The number of morpholine rings is 1. The van der Waals surface area contributed by atoms with Crippen molar-refractivity contribution in [1.29, 1.82) is 0 Å². The van der Waals surface area contributed by atoms with Crippen molar-refractivity contribution in [3.8, 4) is 0 Å². The van der Waals surface area contributed by atoms with Crippen LogP contribution in [-0.2, 0) is 9.53 Å². The first-order valence-electron chi connectivity index (χ1n) is 7.02. The molecule has 0 saturated carbocycles. The van der Waals surface area contributed by atoms with Crippen LogP contribution in [0.5, 0.6) is 0 Å². The molecule has 2 rings (SSSR count). The number of nitrogens with one attached hydrogen (secondary N) is 1. The Labute approximate surface area is 114 Å². The van der Waals surface area contributed by atoms with E-state index in [0.717, 1.165) is 39.1 Å². The topological polar surface area (TPSA) is 61.8 Å². The van der Waals surface area contributed by atoms with Crippen molar-refractivity contribution in [2.75, 3.05) is 39.4 Å². The Morgan fingerprint density at radius 3 is 2.68 bits per heavy atom. The number of allylic oxidation sites excluding steroid dienone is 2. The molecule has 1 saturated heterocycles. The summed E-state index contributed by atoms with van der Waals surface area (Å²) in [6, 6.07) is 0. The number of hydrogen-bond acceptors (Lipinski definition) is 4. The van der Waals surface area contributed by atoms with Gasteiger partial charge in [0.15, 0.2) is 0 Å². The van der Waals surface area contributed by atoms with Crippen LogP contribution in [0.1, 0.15) is 19.8 Å². The third-order valence-electron chi connectivity index (χ3n) is 3.69. The highest BCUT2D eigenvalue weighted by Crippen LogP contribution is 2.17. The summed E-state index contributed by atoms with van der Waals surface area (Å²) in [6.45, 7) is 5.77. The van der Waals surface area contributed by atoms with E-state index < -0.39 is 5.60 Å². The number of ether oxygens (including phenoxy) is 1. The summed E-state index contributed by atoms with van der Waals surface area (Å²) in [7, 11) is 0. The van der Waals surface area contributed by atoms with E-state index in [1.54, 1.807) is 6.92 Å². The van der Waals surface area contributed by atoms with Crippen molar-refractivity contribution in [1.82, 2.24) is 10.2 Å². The summed E-state index contributed by atoms with van der Waals surface area (Å²) in [5.74, 6) is 0.103. The van der Waals surface area contributed by atoms with Crippen LogP contribution >= 0.6 is 0 Å². The summed E-state index contributed by atoms with van der Waals surface area (Å²) in [6.07, 6.45) is 5.71. The molecule has 0 unspecified atom stereocenters. The first-order valence-corrected chi connectivity index (χ1v) is 7.02. The maximum absolute atomic E-state index is 11.9. The molecule has 1 atom stereocenters. The number of aliphatic hydroxyl groups is 1. The molecule has 0 aromatic rings. The zero-order valence-electron chi connectivity index (χ0n) is 11.6. The van der Waals surface area contributed by atoms with E-state index in [1.807, 2.05) is 12.2 Å². The summed E-state index contributed by atoms with van der Waals surface area (Å²) in [4.78, 5) is 14.1. The molecular formula is C14H24N2O3. The molecule has 2 aliphatic rings. The van der Waals surface area contributed by atoms with Gasteiger partial charge < -0.3 is 15.2 Å². The zero-order valence-corrected chi connectivity index (χ0v) is 11.6. The van der Waals surface area contributed by atoms with Gasteiger partial charge in [0.25, 0.3) is 0 Å². The van der Waals surface area contributed by atoms with Crippen LogP contribution in [0.4, 0.5) is 0 Å². The minimum atomic E-state index is -0.890. The lowest BCUT2D eigenvalue weighted by molar-refractivity contribution is -0.126. The summed E-state index contributed by atoms with van der Waals surface area (Å²) >= 11 is 0. The van der Waals surface area contributed by atoms with E-state index in [4.69, 9.17) is 4.74 Å². The number of amides is 1. The molecule has 5 nitrogen and oxygen atoms in total. The highest BCUT2D eigenvalue weighted by atomic mass is 16.5. The highest BCUT2D eigenvalue weighted by Gasteiger charge is 2.27. The Morgan fingerprint density at radius 2 is 2.05 bits per heavy atom. The fourth-order valence-corrected chi connectivity index (χ4v) is 2.55. The molecule has 1 fully saturated rings. The fourth-order valence-electron chi connectivity index (χ4n) is 2.55. The molecule has 1 amide bonds. The second-order valence-corrected chi connectivity index (χ2v) is 5.74. The van der Waals surface area contributed by atoms with Crippen molar-refractivity contribution in [2.24, 2.45) is 5.92 Å². The molecule has 1 heterocycles. The normalized spacial score (nSPS) is 24.3. The van der Waals surface area contributed by atoms with Crippen molar-refractivity contribution in [3.63, 3.8) is 0 Å². The standard InChI is InChI=1S/C14H24N2O3/c1-14(18,11-16-6-8-19-9-7-16)10-15-13(17)12-4-2-3-5-12/h2-3,12,18H,4-11H2,1H3,(H,15,17)/t14-/m0/s1. The van der Waals surface area contributed by atoms with E-state index in [9.17, 15) is 9.90 Å². The first-order chi connectivity index (χ1) is 9.07. The Hall–Kier alpha value is -0.910. The fraction of sp³-hybridized carbons (Fsp3) is 0.786. The van der Waals surface area contributed by atoms with Crippen molar-refractivity contribution < 1.29 is 14.6 Å². The van der Waals surface area contributed by atoms with E-state index in [0.29, 0.717) is 13.1 Å². The third-order valence-corrected chi connectivity index (χ3v) is 3.69. The largest absolute Gasteiger partial charge is 0.387 e. The van der Waals surface area contributed by atoms with Gasteiger partial charge in [-0.1, -0.05) is 12.2 Å². The Bertz CT molecular complexity index is 328. The highest BCUT2D eigenvalue weighted by molar-refractivity contribution is 5.79. The van der Waals surface area contributed by atoms with Gasteiger partial charge in [-0.3, -0.25) is 9.69 Å². The predicted molar refractivity (Wildman–Crippen MR) is 72.8 cm³/mol. The average molecular weight is 268 g/mol. The summed E-state index contributed by atoms with van der Waals surface area (Å²) in [5.41, 5.74) is -0.890. The van der Waals surface area contributed by atoms with E-state index in [1.165, 1.54) is 0 Å².